The molecular formula is C29H36BrClN2O6. The van der Waals surface area contributed by atoms with Crippen LogP contribution in [0.25, 0.3) is 0 Å². The first kappa shape index (κ1) is 29.8. The number of likely N-dealkylation sites (tertiary alicyclic amines) is 1. The predicted molar refractivity (Wildman–Crippen MR) is 153 cm³/mol. The van der Waals surface area contributed by atoms with E-state index in [1.165, 1.54) is 15.9 Å². The molecule has 3 unspecified atom stereocenters. The number of anilines is 1. The topological polar surface area (TPSA) is 96.4 Å². The molecule has 3 aliphatic heterocycles. The highest BCUT2D eigenvalue weighted by atomic mass is 79.9. The molecule has 1 aromatic carbocycles. The number of halogens is 2. The fourth-order valence-corrected chi connectivity index (χ4v) is 7.87. The summed E-state index contributed by atoms with van der Waals surface area (Å²) in [4.78, 5) is 45.0. The Kier molecular flexibility index (Phi) is 8.95. The minimum absolute atomic E-state index is 0.000496. The molecular weight excluding hydrogens is 588 g/mol. The summed E-state index contributed by atoms with van der Waals surface area (Å²) in [6.45, 7) is 13.1. The Morgan fingerprint density at radius 1 is 1.36 bits per heavy atom. The predicted octanol–water partition coefficient (Wildman–Crippen LogP) is 4.05. The molecule has 0 aliphatic carbocycles. The van der Waals surface area contributed by atoms with Crippen LogP contribution < -0.4 is 4.90 Å². The molecule has 1 N–H and O–H groups in total. The zero-order valence-corrected chi connectivity index (χ0v) is 24.9. The van der Waals surface area contributed by atoms with Gasteiger partial charge in [0.25, 0.3) is 5.91 Å². The highest BCUT2D eigenvalue weighted by molar-refractivity contribution is 9.09. The molecule has 7 atom stereocenters. The van der Waals surface area contributed by atoms with Crippen LogP contribution in [-0.2, 0) is 23.9 Å². The number of hydrogen-bond donors (Lipinski definition) is 1. The molecule has 39 heavy (non-hydrogen) atoms. The van der Waals surface area contributed by atoms with E-state index in [1.54, 1.807) is 18.2 Å². The Bertz CT molecular complexity index is 1140. The quantitative estimate of drug-likeness (QED) is 0.227. The summed E-state index contributed by atoms with van der Waals surface area (Å²) in [5.74, 6) is -3.04. The van der Waals surface area contributed by atoms with Gasteiger partial charge in [0, 0.05) is 11.4 Å². The highest BCUT2D eigenvalue weighted by Gasteiger charge is 2.77. The van der Waals surface area contributed by atoms with E-state index in [2.05, 4.69) is 29.1 Å². The van der Waals surface area contributed by atoms with Gasteiger partial charge in [-0.3, -0.25) is 14.4 Å². The Morgan fingerprint density at radius 3 is 2.67 bits per heavy atom. The number of aliphatic hydroxyl groups excluding tert-OH is 1. The van der Waals surface area contributed by atoms with Crippen molar-refractivity contribution in [3.8, 4) is 0 Å². The molecule has 2 bridgehead atoms. The normalized spacial score (nSPS) is 29.9. The first-order valence-electron chi connectivity index (χ1n) is 13.2. The van der Waals surface area contributed by atoms with E-state index in [0.29, 0.717) is 23.6 Å². The average Bonchev–Trinajstić information content (AvgIpc) is 3.48. The number of carbonyl (C=O) groups is 3. The number of alkyl halides is 1. The van der Waals surface area contributed by atoms with Crippen LogP contribution in [0, 0.1) is 24.7 Å². The van der Waals surface area contributed by atoms with Crippen LogP contribution in [0.3, 0.4) is 0 Å². The molecule has 2 amide bonds. The molecule has 0 saturated carbocycles. The van der Waals surface area contributed by atoms with E-state index >= 15 is 0 Å². The molecule has 1 aromatic rings. The summed E-state index contributed by atoms with van der Waals surface area (Å²) in [7, 11) is 0. The van der Waals surface area contributed by atoms with Crippen LogP contribution in [0.5, 0.6) is 0 Å². The maximum absolute atomic E-state index is 14.7. The van der Waals surface area contributed by atoms with E-state index in [1.807, 2.05) is 26.8 Å². The smallest absolute Gasteiger partial charge is 0.312 e. The Morgan fingerprint density at radius 2 is 2.08 bits per heavy atom. The number of amides is 2. The minimum atomic E-state index is -1.29. The number of esters is 1. The van der Waals surface area contributed by atoms with Crippen LogP contribution in [0.15, 0.2) is 43.5 Å². The summed E-state index contributed by atoms with van der Waals surface area (Å²) in [6.07, 6.45) is 3.24. The molecule has 3 aliphatic rings. The second kappa shape index (κ2) is 11.7. The standard InChI is InChI=1S/C29H36BrClN2O6/c1-6-11-32(23-17(5)9-8-10-20(23)31)27(36)25-29-14-19(30)24(39-29)21(28(37)38-12-7-2)22(29)26(35)33(25)18(15-34)13-16(3)4/h6-10,16,18-19,21-22,24-25,34H,1-2,11-15H2,3-5H3/t18-,19?,21-,22+,24-,25?,29?/m1/s1. The third kappa shape index (κ3) is 4.96. The number of aliphatic hydroxyl groups is 1. The van der Waals surface area contributed by atoms with Crippen molar-refractivity contribution in [1.29, 1.82) is 0 Å². The third-order valence-electron chi connectivity index (χ3n) is 7.96. The lowest BCUT2D eigenvalue weighted by atomic mass is 9.70. The van der Waals surface area contributed by atoms with Gasteiger partial charge < -0.3 is 24.4 Å². The van der Waals surface area contributed by atoms with Crippen molar-refractivity contribution < 1.29 is 29.0 Å². The molecule has 3 heterocycles. The van der Waals surface area contributed by atoms with Crippen molar-refractivity contribution in [2.75, 3.05) is 24.7 Å². The number of carbonyl (C=O) groups excluding carboxylic acids is 3. The average molecular weight is 624 g/mol. The summed E-state index contributed by atoms with van der Waals surface area (Å²) >= 11 is 10.3. The Hall–Kier alpha value is -2.20. The van der Waals surface area contributed by atoms with Crippen molar-refractivity contribution in [2.24, 2.45) is 17.8 Å². The molecule has 3 fully saturated rings. The molecule has 0 aromatic heterocycles. The van der Waals surface area contributed by atoms with Gasteiger partial charge in [0.15, 0.2) is 0 Å². The van der Waals surface area contributed by atoms with E-state index in [0.717, 1.165) is 5.56 Å². The number of ether oxygens (including phenoxy) is 2. The maximum Gasteiger partial charge on any atom is 0.312 e. The molecule has 8 nitrogen and oxygen atoms in total. The largest absolute Gasteiger partial charge is 0.461 e. The van der Waals surface area contributed by atoms with Gasteiger partial charge >= 0.3 is 5.97 Å². The second-order valence-corrected chi connectivity index (χ2v) is 12.5. The number of para-hydroxylation sites is 1. The molecule has 212 valence electrons. The molecule has 0 radical (unpaired) electrons. The SMILES string of the molecule is C=CCOC(=O)[C@H]1[C@@H]2OC3(CC2Br)C(C(=O)N(CC=C)c2c(C)cccc2Cl)N([C@@H](CO)CC(C)C)C(=O)[C@H]13. The van der Waals surface area contributed by atoms with Gasteiger partial charge in [-0.05, 0) is 37.3 Å². The minimum Gasteiger partial charge on any atom is -0.461 e. The number of benzene rings is 1. The van der Waals surface area contributed by atoms with Crippen LogP contribution >= 0.6 is 27.5 Å². The van der Waals surface area contributed by atoms with Gasteiger partial charge in [0.05, 0.1) is 41.3 Å². The number of hydrogen-bond acceptors (Lipinski definition) is 6. The lowest BCUT2D eigenvalue weighted by molar-refractivity contribution is -0.154. The highest BCUT2D eigenvalue weighted by Crippen LogP contribution is 2.61. The number of nitrogens with zero attached hydrogens (tertiary/aromatic N) is 2. The monoisotopic (exact) mass is 622 g/mol. The van der Waals surface area contributed by atoms with E-state index in [9.17, 15) is 19.5 Å². The summed E-state index contributed by atoms with van der Waals surface area (Å²) in [5.41, 5.74) is 0.0131. The van der Waals surface area contributed by atoms with Gasteiger partial charge in [-0.2, -0.15) is 0 Å². The fourth-order valence-electron chi connectivity index (χ4n) is 6.60. The number of rotatable bonds is 11. The van der Waals surface area contributed by atoms with Crippen LogP contribution in [-0.4, -0.2) is 76.2 Å². The first-order chi connectivity index (χ1) is 18.5. The lowest BCUT2D eigenvalue weighted by Crippen LogP contribution is -2.59. The number of aryl methyl sites for hydroxylation is 1. The Labute approximate surface area is 243 Å². The number of fused-ring (bicyclic) bond motifs is 1. The van der Waals surface area contributed by atoms with Crippen LogP contribution in [0.2, 0.25) is 5.02 Å². The van der Waals surface area contributed by atoms with Crippen molar-refractivity contribution in [3.63, 3.8) is 0 Å². The van der Waals surface area contributed by atoms with Crippen molar-refractivity contribution in [1.82, 2.24) is 4.90 Å². The second-order valence-electron chi connectivity index (χ2n) is 10.9. The maximum atomic E-state index is 14.7. The van der Waals surface area contributed by atoms with E-state index in [4.69, 9.17) is 21.1 Å². The summed E-state index contributed by atoms with van der Waals surface area (Å²) in [6, 6.07) is 3.63. The van der Waals surface area contributed by atoms with Gasteiger partial charge in [0.1, 0.15) is 18.2 Å². The summed E-state index contributed by atoms with van der Waals surface area (Å²) in [5, 5.41) is 10.9. The first-order valence-corrected chi connectivity index (χ1v) is 14.5. The van der Waals surface area contributed by atoms with Crippen LogP contribution in [0.4, 0.5) is 5.69 Å². The van der Waals surface area contributed by atoms with Gasteiger partial charge in [-0.25, -0.2) is 0 Å². The molecule has 4 rings (SSSR count). The van der Waals surface area contributed by atoms with Crippen molar-refractivity contribution in [2.45, 2.75) is 62.2 Å². The zero-order chi connectivity index (χ0) is 28.6. The van der Waals surface area contributed by atoms with Crippen molar-refractivity contribution in [3.05, 3.63) is 54.1 Å². The Balaban J connectivity index is 1.87. The molecule has 1 spiro atoms. The van der Waals surface area contributed by atoms with E-state index in [-0.39, 0.29) is 36.4 Å². The van der Waals surface area contributed by atoms with Gasteiger partial charge in [-0.15, -0.1) is 6.58 Å². The third-order valence-corrected chi connectivity index (χ3v) is 9.11. The fraction of sp³-hybridized carbons (Fsp3) is 0.552. The van der Waals surface area contributed by atoms with Gasteiger partial charge in [-0.1, -0.05) is 72.2 Å². The van der Waals surface area contributed by atoms with E-state index < -0.39 is 47.5 Å². The lowest BCUT2D eigenvalue weighted by Gasteiger charge is -2.40. The van der Waals surface area contributed by atoms with Crippen molar-refractivity contribution >= 4 is 51.0 Å². The molecule has 10 heteroatoms. The summed E-state index contributed by atoms with van der Waals surface area (Å²) < 4.78 is 11.9. The van der Waals surface area contributed by atoms with Gasteiger partial charge in [0.2, 0.25) is 5.91 Å². The molecule has 3 saturated heterocycles. The zero-order valence-electron chi connectivity index (χ0n) is 22.5. The van der Waals surface area contributed by atoms with Crippen LogP contribution in [0.1, 0.15) is 32.3 Å².